The van der Waals surface area contributed by atoms with Crippen molar-refractivity contribution >= 4 is 17.8 Å². The molecule has 1 aliphatic rings. The number of carboxylic acid groups (broad SMARTS) is 1. The van der Waals surface area contributed by atoms with Crippen LogP contribution < -0.4 is 11.1 Å². The molecule has 31 heavy (non-hydrogen) atoms. The summed E-state index contributed by atoms with van der Waals surface area (Å²) in [5, 5.41) is 21.5. The zero-order valence-electron chi connectivity index (χ0n) is 17.1. The number of nitrogens with one attached hydrogen (secondary N) is 1. The lowest BCUT2D eigenvalue weighted by molar-refractivity contribution is -0.144. The number of carbonyl (C=O) groups is 3. The highest BCUT2D eigenvalue weighted by atomic mass is 16.4. The number of nitrogens with zero attached hydrogens (tertiary/aromatic N) is 1. The van der Waals surface area contributed by atoms with Gasteiger partial charge in [0.1, 0.15) is 17.8 Å². The van der Waals surface area contributed by atoms with Crippen LogP contribution in [0.15, 0.2) is 54.6 Å². The van der Waals surface area contributed by atoms with Crippen molar-refractivity contribution in [1.29, 1.82) is 0 Å². The molecule has 0 radical (unpaired) electrons. The SMILES string of the molecule is N[C@@H](Cc1ccc(O)cc1)C(=O)N1CCC[C@H]1C(=O)N[C@@H](Cc1ccccc1)C(=O)O. The van der Waals surface area contributed by atoms with Crippen LogP contribution in [0.25, 0.3) is 0 Å². The van der Waals surface area contributed by atoms with Crippen molar-refractivity contribution in [3.05, 3.63) is 65.7 Å². The van der Waals surface area contributed by atoms with E-state index in [1.807, 2.05) is 18.2 Å². The number of aromatic hydroxyl groups is 1. The van der Waals surface area contributed by atoms with Gasteiger partial charge in [0, 0.05) is 13.0 Å². The average Bonchev–Trinajstić information content (AvgIpc) is 3.25. The molecule has 0 aromatic heterocycles. The monoisotopic (exact) mass is 425 g/mol. The maximum absolute atomic E-state index is 12.9. The van der Waals surface area contributed by atoms with E-state index in [1.54, 1.807) is 24.3 Å². The van der Waals surface area contributed by atoms with Gasteiger partial charge in [-0.3, -0.25) is 9.59 Å². The van der Waals surface area contributed by atoms with Crippen LogP contribution in [0.1, 0.15) is 24.0 Å². The molecule has 5 N–H and O–H groups in total. The maximum Gasteiger partial charge on any atom is 0.326 e. The van der Waals surface area contributed by atoms with Crippen LogP contribution in [0, 0.1) is 0 Å². The Labute approximate surface area is 180 Å². The summed E-state index contributed by atoms with van der Waals surface area (Å²) in [5.74, 6) is -1.83. The molecule has 2 aromatic rings. The number of benzene rings is 2. The van der Waals surface area contributed by atoms with Crippen LogP contribution in [0.2, 0.25) is 0 Å². The second kappa shape index (κ2) is 10.1. The Balaban J connectivity index is 1.63. The molecule has 1 heterocycles. The minimum Gasteiger partial charge on any atom is -0.508 e. The van der Waals surface area contributed by atoms with Crippen molar-refractivity contribution in [1.82, 2.24) is 10.2 Å². The Bertz CT molecular complexity index is 917. The molecule has 2 amide bonds. The molecule has 8 nitrogen and oxygen atoms in total. The number of nitrogens with two attached hydrogens (primary N) is 1. The molecule has 0 bridgehead atoms. The van der Waals surface area contributed by atoms with Crippen molar-refractivity contribution in [2.24, 2.45) is 5.73 Å². The van der Waals surface area contributed by atoms with Gasteiger partial charge in [0.2, 0.25) is 11.8 Å². The third-order valence-electron chi connectivity index (χ3n) is 5.44. The minimum absolute atomic E-state index is 0.128. The van der Waals surface area contributed by atoms with E-state index >= 15 is 0 Å². The Kier molecular flexibility index (Phi) is 7.25. The molecule has 3 atom stereocenters. The summed E-state index contributed by atoms with van der Waals surface area (Å²) < 4.78 is 0. The number of amides is 2. The zero-order chi connectivity index (χ0) is 22.4. The number of phenols is 1. The highest BCUT2D eigenvalue weighted by molar-refractivity contribution is 5.92. The fraction of sp³-hybridized carbons (Fsp3) is 0.348. The second-order valence-electron chi connectivity index (χ2n) is 7.76. The third kappa shape index (κ3) is 5.82. The number of carbonyl (C=O) groups excluding carboxylic acids is 2. The largest absolute Gasteiger partial charge is 0.508 e. The number of hydrogen-bond donors (Lipinski definition) is 4. The smallest absolute Gasteiger partial charge is 0.326 e. The van der Waals surface area contributed by atoms with Crippen molar-refractivity contribution in [2.45, 2.75) is 43.8 Å². The highest BCUT2D eigenvalue weighted by Crippen LogP contribution is 2.20. The molecule has 0 unspecified atom stereocenters. The first-order valence-electron chi connectivity index (χ1n) is 10.3. The van der Waals surface area contributed by atoms with Gasteiger partial charge in [0.15, 0.2) is 0 Å². The van der Waals surface area contributed by atoms with Crippen LogP contribution in [0.4, 0.5) is 0 Å². The second-order valence-corrected chi connectivity index (χ2v) is 7.76. The summed E-state index contributed by atoms with van der Waals surface area (Å²) in [6.07, 6.45) is 1.53. The first-order valence-corrected chi connectivity index (χ1v) is 10.3. The molecule has 3 rings (SSSR count). The van der Waals surface area contributed by atoms with Gasteiger partial charge < -0.3 is 26.2 Å². The Morgan fingerprint density at radius 2 is 1.68 bits per heavy atom. The number of rotatable bonds is 8. The van der Waals surface area contributed by atoms with Gasteiger partial charge in [-0.05, 0) is 42.5 Å². The van der Waals surface area contributed by atoms with Crippen LogP contribution in [-0.2, 0) is 27.2 Å². The molecule has 0 spiro atoms. The fourth-order valence-electron chi connectivity index (χ4n) is 3.81. The van der Waals surface area contributed by atoms with Crippen LogP contribution in [-0.4, -0.2) is 57.6 Å². The third-order valence-corrected chi connectivity index (χ3v) is 5.44. The van der Waals surface area contributed by atoms with Crippen molar-refractivity contribution < 1.29 is 24.6 Å². The first kappa shape index (κ1) is 22.3. The van der Waals surface area contributed by atoms with E-state index in [9.17, 15) is 24.6 Å². The van der Waals surface area contributed by atoms with Crippen molar-refractivity contribution in [3.8, 4) is 5.75 Å². The number of phenolic OH excluding ortho intramolecular Hbond substituents is 1. The normalized spacial score (nSPS) is 17.7. The Hall–Kier alpha value is -3.39. The number of likely N-dealkylation sites (tertiary alicyclic amines) is 1. The molecule has 0 saturated carbocycles. The molecular formula is C23H27N3O5. The quantitative estimate of drug-likeness (QED) is 0.500. The van der Waals surface area contributed by atoms with Gasteiger partial charge in [-0.1, -0.05) is 42.5 Å². The zero-order valence-corrected chi connectivity index (χ0v) is 17.1. The minimum atomic E-state index is -1.13. The summed E-state index contributed by atoms with van der Waals surface area (Å²) in [6.45, 7) is 0.399. The summed E-state index contributed by atoms with van der Waals surface area (Å²) >= 11 is 0. The maximum atomic E-state index is 12.9. The fourth-order valence-corrected chi connectivity index (χ4v) is 3.81. The molecule has 164 valence electrons. The number of hydrogen-bond acceptors (Lipinski definition) is 5. The first-order chi connectivity index (χ1) is 14.8. The van der Waals surface area contributed by atoms with E-state index in [2.05, 4.69) is 5.32 Å². The molecule has 1 saturated heterocycles. The van der Waals surface area contributed by atoms with Gasteiger partial charge in [-0.25, -0.2) is 4.79 Å². The summed E-state index contributed by atoms with van der Waals surface area (Å²) in [5.41, 5.74) is 7.70. The van der Waals surface area contributed by atoms with E-state index in [-0.39, 0.29) is 24.5 Å². The van der Waals surface area contributed by atoms with Gasteiger partial charge >= 0.3 is 5.97 Å². The predicted molar refractivity (Wildman–Crippen MR) is 114 cm³/mol. The van der Waals surface area contributed by atoms with Gasteiger partial charge in [0.25, 0.3) is 0 Å². The topological polar surface area (TPSA) is 133 Å². The molecule has 1 fully saturated rings. The van der Waals surface area contributed by atoms with Crippen LogP contribution >= 0.6 is 0 Å². The lowest BCUT2D eigenvalue weighted by Gasteiger charge is -2.28. The molecule has 8 heteroatoms. The summed E-state index contributed by atoms with van der Waals surface area (Å²) in [6, 6.07) is 12.8. The van der Waals surface area contributed by atoms with Crippen LogP contribution in [0.5, 0.6) is 5.75 Å². The van der Waals surface area contributed by atoms with Crippen molar-refractivity contribution in [3.63, 3.8) is 0 Å². The van der Waals surface area contributed by atoms with Gasteiger partial charge in [-0.2, -0.15) is 0 Å². The molecule has 2 aromatic carbocycles. The van der Waals surface area contributed by atoms with Crippen LogP contribution in [0.3, 0.4) is 0 Å². The van der Waals surface area contributed by atoms with Gasteiger partial charge in [0.05, 0.1) is 6.04 Å². The standard InChI is InChI=1S/C23H27N3O5/c24-18(13-16-8-10-17(27)11-9-16)22(29)26-12-4-7-20(26)21(28)25-19(23(30)31)14-15-5-2-1-3-6-15/h1-3,5-6,8-11,18-20,27H,4,7,12-14,24H2,(H,25,28)(H,30,31)/t18-,19-,20-/m0/s1. The summed E-state index contributed by atoms with van der Waals surface area (Å²) in [4.78, 5) is 38.9. The van der Waals surface area contributed by atoms with E-state index in [4.69, 9.17) is 5.73 Å². The number of carboxylic acids is 1. The highest BCUT2D eigenvalue weighted by Gasteiger charge is 2.37. The lowest BCUT2D eigenvalue weighted by Crippen LogP contribution is -2.54. The number of aliphatic carboxylic acids is 1. The summed E-state index contributed by atoms with van der Waals surface area (Å²) in [7, 11) is 0. The van der Waals surface area contributed by atoms with E-state index < -0.39 is 30.0 Å². The predicted octanol–water partition coefficient (Wildman–Crippen LogP) is 1.07. The molecule has 1 aliphatic heterocycles. The van der Waals surface area contributed by atoms with Gasteiger partial charge in [-0.15, -0.1) is 0 Å². The Morgan fingerprint density at radius 1 is 1.03 bits per heavy atom. The molecular weight excluding hydrogens is 398 g/mol. The average molecular weight is 425 g/mol. The van der Waals surface area contributed by atoms with E-state index in [1.165, 1.54) is 17.0 Å². The van der Waals surface area contributed by atoms with Crippen molar-refractivity contribution in [2.75, 3.05) is 6.54 Å². The Morgan fingerprint density at radius 3 is 2.32 bits per heavy atom. The lowest BCUT2D eigenvalue weighted by atomic mass is 10.0. The molecule has 0 aliphatic carbocycles. The van der Waals surface area contributed by atoms with E-state index in [0.717, 1.165) is 11.1 Å². The van der Waals surface area contributed by atoms with E-state index in [0.29, 0.717) is 19.4 Å².